The van der Waals surface area contributed by atoms with Crippen molar-refractivity contribution in [1.29, 1.82) is 0 Å². The normalized spacial score (nSPS) is 11.0. The Labute approximate surface area is 149 Å². The number of nitrogens with zero attached hydrogens (tertiary/aromatic N) is 2. The molecule has 1 amide bonds. The number of carbonyl (C=O) groups excluding carboxylic acids is 1. The number of hydrogen-bond acceptors (Lipinski definition) is 4. The van der Waals surface area contributed by atoms with Gasteiger partial charge in [0.05, 0.1) is 23.2 Å². The number of carboxylic acid groups (broad SMARTS) is 1. The SMILES string of the molecule is CCc1c(C)sc(NC(=O)Cc2nn(C)c3ccccc23)c1C(=O)O. The lowest BCUT2D eigenvalue weighted by Crippen LogP contribution is -2.16. The summed E-state index contributed by atoms with van der Waals surface area (Å²) < 4.78 is 1.74. The Morgan fingerprint density at radius 1 is 1.32 bits per heavy atom. The van der Waals surface area contributed by atoms with Crippen LogP contribution in [0.5, 0.6) is 0 Å². The molecule has 1 aromatic carbocycles. The van der Waals surface area contributed by atoms with Crippen LogP contribution in [0.15, 0.2) is 24.3 Å². The third kappa shape index (κ3) is 3.15. The largest absolute Gasteiger partial charge is 0.478 e. The molecule has 0 saturated carbocycles. The zero-order valence-corrected chi connectivity index (χ0v) is 15.1. The van der Waals surface area contributed by atoms with E-state index in [0.717, 1.165) is 21.3 Å². The lowest BCUT2D eigenvalue weighted by Gasteiger charge is -2.04. The number of rotatable bonds is 5. The first-order chi connectivity index (χ1) is 11.9. The Balaban J connectivity index is 1.87. The molecule has 25 heavy (non-hydrogen) atoms. The van der Waals surface area contributed by atoms with Crippen molar-refractivity contribution in [1.82, 2.24) is 9.78 Å². The third-order valence-electron chi connectivity index (χ3n) is 4.19. The van der Waals surface area contributed by atoms with Crippen molar-refractivity contribution in [2.24, 2.45) is 7.05 Å². The molecule has 0 spiro atoms. The lowest BCUT2D eigenvalue weighted by molar-refractivity contribution is -0.115. The fraction of sp³-hybridized carbons (Fsp3) is 0.278. The fourth-order valence-electron chi connectivity index (χ4n) is 3.06. The molecule has 130 valence electrons. The first-order valence-electron chi connectivity index (χ1n) is 7.98. The molecular formula is C18H19N3O3S. The highest BCUT2D eigenvalue weighted by Crippen LogP contribution is 2.33. The number of nitrogens with one attached hydrogen (secondary N) is 1. The molecule has 0 unspecified atom stereocenters. The monoisotopic (exact) mass is 357 g/mol. The summed E-state index contributed by atoms with van der Waals surface area (Å²) in [5.41, 5.74) is 2.61. The van der Waals surface area contributed by atoms with Gasteiger partial charge < -0.3 is 10.4 Å². The summed E-state index contributed by atoms with van der Waals surface area (Å²) in [6.45, 7) is 3.78. The minimum Gasteiger partial charge on any atom is -0.478 e. The van der Waals surface area contributed by atoms with E-state index in [1.807, 2.05) is 45.2 Å². The van der Waals surface area contributed by atoms with Crippen molar-refractivity contribution in [3.63, 3.8) is 0 Å². The van der Waals surface area contributed by atoms with Crippen LogP contribution in [0.1, 0.15) is 33.4 Å². The number of anilines is 1. The number of thiophene rings is 1. The molecule has 2 N–H and O–H groups in total. The van der Waals surface area contributed by atoms with Gasteiger partial charge in [0.25, 0.3) is 0 Å². The minimum absolute atomic E-state index is 0.0960. The quantitative estimate of drug-likeness (QED) is 0.733. The lowest BCUT2D eigenvalue weighted by atomic mass is 10.1. The predicted molar refractivity (Wildman–Crippen MR) is 98.4 cm³/mol. The molecule has 3 rings (SSSR count). The van der Waals surface area contributed by atoms with Gasteiger partial charge >= 0.3 is 5.97 Å². The molecule has 0 aliphatic carbocycles. The van der Waals surface area contributed by atoms with Gasteiger partial charge in [0, 0.05) is 17.3 Å². The Morgan fingerprint density at radius 2 is 2.04 bits per heavy atom. The van der Waals surface area contributed by atoms with Gasteiger partial charge in [0.2, 0.25) is 5.91 Å². The molecule has 2 aromatic heterocycles. The summed E-state index contributed by atoms with van der Waals surface area (Å²) in [6.07, 6.45) is 0.712. The number of carbonyl (C=O) groups is 2. The predicted octanol–water partition coefficient (Wildman–Crippen LogP) is 3.39. The molecule has 0 atom stereocenters. The fourth-order valence-corrected chi connectivity index (χ4v) is 4.21. The maximum atomic E-state index is 12.5. The number of benzene rings is 1. The summed E-state index contributed by atoms with van der Waals surface area (Å²) >= 11 is 1.30. The van der Waals surface area contributed by atoms with E-state index >= 15 is 0 Å². The van der Waals surface area contributed by atoms with Crippen LogP contribution in [0.4, 0.5) is 5.00 Å². The summed E-state index contributed by atoms with van der Waals surface area (Å²) in [6, 6.07) is 7.71. The van der Waals surface area contributed by atoms with Gasteiger partial charge in [-0.1, -0.05) is 25.1 Å². The zero-order valence-electron chi connectivity index (χ0n) is 14.3. The van der Waals surface area contributed by atoms with Crippen molar-refractivity contribution < 1.29 is 14.7 Å². The summed E-state index contributed by atoms with van der Waals surface area (Å²) in [5.74, 6) is -1.28. The van der Waals surface area contributed by atoms with Gasteiger partial charge in [-0.2, -0.15) is 5.10 Å². The molecule has 0 bridgehead atoms. The summed E-state index contributed by atoms with van der Waals surface area (Å²) in [7, 11) is 1.84. The van der Waals surface area contributed by atoms with Crippen LogP contribution in [-0.2, 0) is 24.7 Å². The van der Waals surface area contributed by atoms with Gasteiger partial charge in [-0.05, 0) is 25.0 Å². The van der Waals surface area contributed by atoms with E-state index in [1.54, 1.807) is 4.68 Å². The number of amides is 1. The molecule has 0 fully saturated rings. The molecule has 6 nitrogen and oxygen atoms in total. The Bertz CT molecular complexity index is 972. The van der Waals surface area contributed by atoms with Crippen molar-refractivity contribution in [2.75, 3.05) is 5.32 Å². The molecule has 0 radical (unpaired) electrons. The third-order valence-corrected chi connectivity index (χ3v) is 5.25. The van der Waals surface area contributed by atoms with E-state index in [-0.39, 0.29) is 17.9 Å². The second-order valence-electron chi connectivity index (χ2n) is 5.81. The van der Waals surface area contributed by atoms with Gasteiger partial charge in [0.15, 0.2) is 0 Å². The molecule has 3 aromatic rings. The van der Waals surface area contributed by atoms with Crippen molar-refractivity contribution in [3.8, 4) is 0 Å². The number of aromatic carboxylic acids is 1. The van der Waals surface area contributed by atoms with E-state index < -0.39 is 5.97 Å². The van der Waals surface area contributed by atoms with Crippen LogP contribution in [0.3, 0.4) is 0 Å². The van der Waals surface area contributed by atoms with Crippen LogP contribution in [-0.4, -0.2) is 26.8 Å². The second kappa shape index (κ2) is 6.68. The van der Waals surface area contributed by atoms with E-state index in [9.17, 15) is 14.7 Å². The first-order valence-corrected chi connectivity index (χ1v) is 8.80. The van der Waals surface area contributed by atoms with Crippen molar-refractivity contribution >= 4 is 39.1 Å². The van der Waals surface area contributed by atoms with Gasteiger partial charge in [-0.25, -0.2) is 4.79 Å². The van der Waals surface area contributed by atoms with Crippen LogP contribution in [0, 0.1) is 6.92 Å². The highest BCUT2D eigenvalue weighted by atomic mass is 32.1. The summed E-state index contributed by atoms with van der Waals surface area (Å²) in [5, 5.41) is 18.0. The maximum absolute atomic E-state index is 12.5. The van der Waals surface area contributed by atoms with Crippen molar-refractivity contribution in [3.05, 3.63) is 46.0 Å². The van der Waals surface area contributed by atoms with Gasteiger partial charge in [0.1, 0.15) is 5.00 Å². The first kappa shape index (κ1) is 17.2. The summed E-state index contributed by atoms with van der Waals surface area (Å²) in [4.78, 5) is 25.0. The number of para-hydroxylation sites is 1. The Hall–Kier alpha value is -2.67. The molecule has 2 heterocycles. The number of hydrogen-bond donors (Lipinski definition) is 2. The average molecular weight is 357 g/mol. The van der Waals surface area contributed by atoms with Crippen LogP contribution >= 0.6 is 11.3 Å². The van der Waals surface area contributed by atoms with E-state index in [4.69, 9.17) is 0 Å². The smallest absolute Gasteiger partial charge is 0.339 e. The molecule has 0 aliphatic heterocycles. The molecular weight excluding hydrogens is 338 g/mol. The highest BCUT2D eigenvalue weighted by molar-refractivity contribution is 7.16. The van der Waals surface area contributed by atoms with Crippen molar-refractivity contribution in [2.45, 2.75) is 26.7 Å². The Morgan fingerprint density at radius 3 is 2.72 bits per heavy atom. The highest BCUT2D eigenvalue weighted by Gasteiger charge is 2.22. The van der Waals surface area contributed by atoms with Crippen LogP contribution in [0.2, 0.25) is 0 Å². The van der Waals surface area contributed by atoms with Gasteiger partial charge in [-0.15, -0.1) is 11.3 Å². The Kier molecular flexibility index (Phi) is 4.59. The second-order valence-corrected chi connectivity index (χ2v) is 7.04. The van der Waals surface area contributed by atoms with Gasteiger partial charge in [-0.3, -0.25) is 9.48 Å². The zero-order chi connectivity index (χ0) is 18.1. The molecule has 0 aliphatic rings. The standard InChI is InChI=1S/C18H19N3O3S/c1-4-11-10(2)25-17(16(11)18(23)24)19-15(22)9-13-12-7-5-6-8-14(12)21(3)20-13/h5-8H,4,9H2,1-3H3,(H,19,22)(H,23,24). The number of carboxylic acids is 1. The average Bonchev–Trinajstić information content (AvgIpc) is 3.04. The van der Waals surface area contributed by atoms with E-state index in [2.05, 4.69) is 10.4 Å². The van der Waals surface area contributed by atoms with E-state index in [0.29, 0.717) is 17.1 Å². The number of aromatic nitrogens is 2. The molecule has 0 saturated heterocycles. The topological polar surface area (TPSA) is 84.2 Å². The molecule has 7 heteroatoms. The minimum atomic E-state index is -1.01. The van der Waals surface area contributed by atoms with E-state index in [1.165, 1.54) is 11.3 Å². The number of aryl methyl sites for hydroxylation is 2. The van der Waals surface area contributed by atoms with Crippen LogP contribution < -0.4 is 5.32 Å². The van der Waals surface area contributed by atoms with Crippen LogP contribution in [0.25, 0.3) is 10.9 Å². The maximum Gasteiger partial charge on any atom is 0.339 e. The number of fused-ring (bicyclic) bond motifs is 1.